The highest BCUT2D eigenvalue weighted by molar-refractivity contribution is 7.90. The molecule has 11 heteroatoms. The molecule has 0 amide bonds. The van der Waals surface area contributed by atoms with E-state index < -0.39 is 27.3 Å². The predicted octanol–water partition coefficient (Wildman–Crippen LogP) is 0.707. The van der Waals surface area contributed by atoms with Crippen LogP contribution in [0.5, 0.6) is 0 Å². The van der Waals surface area contributed by atoms with E-state index in [1.807, 2.05) is 0 Å². The maximum atomic E-state index is 10.8. The molecule has 0 radical (unpaired) electrons. The summed E-state index contributed by atoms with van der Waals surface area (Å²) in [5.41, 5.74) is 0. The van der Waals surface area contributed by atoms with Gasteiger partial charge in [-0.15, -0.1) is 0 Å². The minimum Gasteiger partial charge on any atom is -0.758 e. The van der Waals surface area contributed by atoms with Gasteiger partial charge in [0.15, 0.2) is 9.84 Å². The zero-order chi connectivity index (χ0) is 18.0. The summed E-state index contributed by atoms with van der Waals surface area (Å²) in [5, 5.41) is 0. The number of nitrogens with one attached hydrogen (secondary N) is 1. The molecule has 1 aliphatic heterocycles. The van der Waals surface area contributed by atoms with Crippen molar-refractivity contribution in [3.05, 3.63) is 30.3 Å². The summed E-state index contributed by atoms with van der Waals surface area (Å²) in [6.45, 7) is 1.05. The van der Waals surface area contributed by atoms with Crippen molar-refractivity contribution in [3.8, 4) is 0 Å². The van der Waals surface area contributed by atoms with E-state index in [0.29, 0.717) is 31.0 Å². The number of sulfone groups is 1. The van der Waals surface area contributed by atoms with Gasteiger partial charge in [0, 0.05) is 19.1 Å². The molecule has 0 aromatic heterocycles. The Bertz CT molecular complexity index is 629. The molecule has 1 heterocycles. The Hall–Kier alpha value is -1.53. The Kier molecular flexibility index (Phi) is 8.85. The molecule has 1 fully saturated rings. The summed E-state index contributed by atoms with van der Waals surface area (Å²) in [4.78, 5) is 16.7. The number of hydrogen-bond acceptors (Lipinski definition) is 8. The van der Waals surface area contributed by atoms with Gasteiger partial charge in [-0.05, 0) is 12.1 Å². The van der Waals surface area contributed by atoms with Crippen molar-refractivity contribution >= 4 is 27.3 Å². The maximum Gasteiger partial charge on any atom is 0.528 e. The Morgan fingerprint density at radius 1 is 1.29 bits per heavy atom. The summed E-state index contributed by atoms with van der Waals surface area (Å²) in [6.07, 6.45) is 1.06. The summed E-state index contributed by atoms with van der Waals surface area (Å²) < 4.78 is 51.3. The van der Waals surface area contributed by atoms with Crippen LogP contribution in [-0.4, -0.2) is 48.9 Å². The minimum absolute atomic E-state index is 0.266. The SMILES string of the molecule is CS(=O)(=O)c1ccccc1.O=C(ONS(=O)[O-])OC1CCOCC1. The molecule has 1 aromatic carbocycles. The van der Waals surface area contributed by atoms with Crippen molar-refractivity contribution in [2.24, 2.45) is 0 Å². The molecular formula is C13H18NO8S2-. The maximum absolute atomic E-state index is 10.8. The van der Waals surface area contributed by atoms with E-state index in [1.165, 1.54) is 11.1 Å². The van der Waals surface area contributed by atoms with Crippen LogP contribution in [0, 0.1) is 0 Å². The van der Waals surface area contributed by atoms with E-state index in [0.717, 1.165) is 0 Å². The van der Waals surface area contributed by atoms with Gasteiger partial charge in [-0.25, -0.2) is 13.2 Å². The zero-order valence-electron chi connectivity index (χ0n) is 12.9. The molecule has 2 rings (SSSR count). The van der Waals surface area contributed by atoms with Crippen LogP contribution in [-0.2, 0) is 35.4 Å². The lowest BCUT2D eigenvalue weighted by atomic mass is 10.2. The van der Waals surface area contributed by atoms with E-state index in [4.69, 9.17) is 9.47 Å². The highest BCUT2D eigenvalue weighted by atomic mass is 32.2. The van der Waals surface area contributed by atoms with Gasteiger partial charge in [0.2, 0.25) is 0 Å². The number of rotatable bonds is 4. The average molecular weight is 380 g/mol. The molecule has 9 nitrogen and oxygen atoms in total. The highest BCUT2D eigenvalue weighted by Gasteiger charge is 2.18. The van der Waals surface area contributed by atoms with Crippen LogP contribution in [0.4, 0.5) is 4.79 Å². The van der Waals surface area contributed by atoms with Crippen molar-refractivity contribution in [2.45, 2.75) is 23.8 Å². The molecule has 0 saturated carbocycles. The quantitative estimate of drug-likeness (QED) is 0.459. The third kappa shape index (κ3) is 8.93. The second kappa shape index (κ2) is 10.4. The number of ether oxygens (including phenoxy) is 2. The minimum atomic E-state index is -3.00. The van der Waals surface area contributed by atoms with E-state index in [9.17, 15) is 22.0 Å². The van der Waals surface area contributed by atoms with Gasteiger partial charge in [-0.3, -0.25) is 4.21 Å². The van der Waals surface area contributed by atoms with Gasteiger partial charge in [0.25, 0.3) is 0 Å². The standard InChI is InChI=1S/C7H8O2S.C6H11NO6S/c1-10(8,9)7-5-3-2-4-6-7;8-6(13-7-14(9)10)12-5-1-3-11-4-2-5/h2-6H,1H3;5,7H,1-4H2,(H,9,10)/p-1. The van der Waals surface area contributed by atoms with Crippen LogP contribution in [0.1, 0.15) is 12.8 Å². The molecule has 1 aromatic rings. The molecule has 1 saturated heterocycles. The first-order valence-corrected chi connectivity index (χ1v) is 9.81. The molecule has 1 aliphatic rings. The van der Waals surface area contributed by atoms with Crippen LogP contribution in [0.3, 0.4) is 0 Å². The van der Waals surface area contributed by atoms with E-state index in [-0.39, 0.29) is 6.10 Å². The largest absolute Gasteiger partial charge is 0.758 e. The van der Waals surface area contributed by atoms with Crippen LogP contribution in [0.2, 0.25) is 0 Å². The fraction of sp³-hybridized carbons (Fsp3) is 0.462. The molecule has 0 bridgehead atoms. The average Bonchev–Trinajstić information content (AvgIpc) is 2.55. The van der Waals surface area contributed by atoms with E-state index in [1.54, 1.807) is 30.3 Å². The summed E-state index contributed by atoms with van der Waals surface area (Å²) in [5.74, 6) is 0. The van der Waals surface area contributed by atoms with Gasteiger partial charge in [0.1, 0.15) is 6.10 Å². The fourth-order valence-electron chi connectivity index (χ4n) is 1.69. The van der Waals surface area contributed by atoms with Crippen LogP contribution >= 0.6 is 0 Å². The lowest BCUT2D eigenvalue weighted by Gasteiger charge is -2.21. The smallest absolute Gasteiger partial charge is 0.528 e. The van der Waals surface area contributed by atoms with Crippen molar-refractivity contribution in [1.29, 1.82) is 0 Å². The second-order valence-electron chi connectivity index (χ2n) is 4.68. The third-order valence-corrected chi connectivity index (χ3v) is 4.14. The van der Waals surface area contributed by atoms with Gasteiger partial charge >= 0.3 is 6.16 Å². The van der Waals surface area contributed by atoms with Gasteiger partial charge in [0.05, 0.1) is 29.4 Å². The lowest BCUT2D eigenvalue weighted by Crippen LogP contribution is -2.29. The van der Waals surface area contributed by atoms with Crippen LogP contribution in [0.25, 0.3) is 0 Å². The van der Waals surface area contributed by atoms with Crippen molar-refractivity contribution in [3.63, 3.8) is 0 Å². The topological polar surface area (TPSA) is 131 Å². The molecule has 24 heavy (non-hydrogen) atoms. The molecule has 1 N–H and O–H groups in total. The fourth-order valence-corrected chi connectivity index (χ4v) is 2.48. The molecule has 0 spiro atoms. The molecule has 136 valence electrons. The lowest BCUT2D eigenvalue weighted by molar-refractivity contribution is -0.0341. The number of hydrogen-bond donors (Lipinski definition) is 1. The first-order chi connectivity index (χ1) is 11.3. The first-order valence-electron chi connectivity index (χ1n) is 6.84. The zero-order valence-corrected chi connectivity index (χ0v) is 14.5. The number of carbonyl (C=O) groups excluding carboxylic acids is 1. The Balaban J connectivity index is 0.000000254. The third-order valence-electron chi connectivity index (χ3n) is 2.80. The van der Waals surface area contributed by atoms with E-state index >= 15 is 0 Å². The summed E-state index contributed by atoms with van der Waals surface area (Å²) in [7, 11) is -3.00. The van der Waals surface area contributed by atoms with Crippen molar-refractivity contribution in [2.75, 3.05) is 19.5 Å². The second-order valence-corrected chi connectivity index (χ2v) is 7.34. The molecular weight excluding hydrogens is 362 g/mol. The van der Waals surface area contributed by atoms with Gasteiger partial charge in [-0.1, -0.05) is 23.1 Å². The molecule has 1 atom stereocenters. The summed E-state index contributed by atoms with van der Waals surface area (Å²) in [6, 6.07) is 8.35. The summed E-state index contributed by atoms with van der Waals surface area (Å²) >= 11 is -2.64. The monoisotopic (exact) mass is 380 g/mol. The van der Waals surface area contributed by atoms with E-state index in [2.05, 4.69) is 4.84 Å². The Labute approximate surface area is 142 Å². The Morgan fingerprint density at radius 2 is 1.88 bits per heavy atom. The van der Waals surface area contributed by atoms with Crippen LogP contribution < -0.4 is 4.89 Å². The number of benzene rings is 1. The van der Waals surface area contributed by atoms with Crippen molar-refractivity contribution < 1.29 is 36.3 Å². The number of carbonyl (C=O) groups is 1. The molecule has 0 aliphatic carbocycles. The normalized spacial score (nSPS) is 16.4. The highest BCUT2D eigenvalue weighted by Crippen LogP contribution is 2.10. The van der Waals surface area contributed by atoms with Crippen LogP contribution in [0.15, 0.2) is 35.2 Å². The Morgan fingerprint density at radius 3 is 2.33 bits per heavy atom. The van der Waals surface area contributed by atoms with Crippen molar-refractivity contribution in [1.82, 2.24) is 4.89 Å². The first kappa shape index (κ1) is 20.5. The van der Waals surface area contributed by atoms with Gasteiger partial charge in [-0.2, -0.15) is 0 Å². The molecule has 1 unspecified atom stereocenters. The van der Waals surface area contributed by atoms with Gasteiger partial charge < -0.3 is 18.9 Å². The predicted molar refractivity (Wildman–Crippen MR) is 83.0 cm³/mol.